The summed E-state index contributed by atoms with van der Waals surface area (Å²) in [6.45, 7) is 2.12. The van der Waals surface area contributed by atoms with Crippen LogP contribution in [0.1, 0.15) is 18.1 Å². The summed E-state index contributed by atoms with van der Waals surface area (Å²) < 4.78 is 13.7. The topological polar surface area (TPSA) is 12.4 Å². The van der Waals surface area contributed by atoms with Gasteiger partial charge in [0.25, 0.3) is 0 Å². The Kier molecular flexibility index (Phi) is 5.71. The van der Waals surface area contributed by atoms with Gasteiger partial charge in [-0.15, -0.1) is 11.8 Å². The second-order valence-corrected chi connectivity index (χ2v) is 5.60. The first-order valence-corrected chi connectivity index (χ1v) is 7.74. The molecule has 0 aliphatic heterocycles. The van der Waals surface area contributed by atoms with E-state index < -0.39 is 5.82 Å². The lowest BCUT2D eigenvalue weighted by Gasteiger charge is -1.98. The van der Waals surface area contributed by atoms with Crippen LogP contribution in [0.25, 0.3) is 0 Å². The molecule has 0 heterocycles. The second kappa shape index (κ2) is 7.75. The zero-order valence-electron chi connectivity index (χ0n) is 11.4. The van der Waals surface area contributed by atoms with Crippen molar-refractivity contribution in [1.82, 2.24) is 0 Å². The SMILES string of the molecule is CCSc1ccc(C#Cc2ccc(N=C=S)c(F)c2)cc1. The van der Waals surface area contributed by atoms with Gasteiger partial charge < -0.3 is 0 Å². The van der Waals surface area contributed by atoms with Gasteiger partial charge in [-0.2, -0.15) is 4.99 Å². The van der Waals surface area contributed by atoms with Crippen molar-refractivity contribution in [3.63, 3.8) is 0 Å². The van der Waals surface area contributed by atoms with E-state index in [4.69, 9.17) is 0 Å². The van der Waals surface area contributed by atoms with Crippen LogP contribution in [0, 0.1) is 17.7 Å². The lowest BCUT2D eigenvalue weighted by Crippen LogP contribution is -1.81. The quantitative estimate of drug-likeness (QED) is 0.339. The van der Waals surface area contributed by atoms with Crippen LogP contribution in [0.15, 0.2) is 52.4 Å². The summed E-state index contributed by atoms with van der Waals surface area (Å²) in [5.74, 6) is 6.55. The van der Waals surface area contributed by atoms with Crippen LogP contribution in [0.4, 0.5) is 10.1 Å². The van der Waals surface area contributed by atoms with Crippen molar-refractivity contribution in [3.05, 3.63) is 59.4 Å². The van der Waals surface area contributed by atoms with Crippen molar-refractivity contribution in [2.24, 2.45) is 4.99 Å². The van der Waals surface area contributed by atoms with Gasteiger partial charge in [-0.05, 0) is 60.4 Å². The fourth-order valence-corrected chi connectivity index (χ4v) is 2.43. The standard InChI is InChI=1S/C17H12FNS2/c1-2-21-15-8-5-13(6-9-15)3-4-14-7-10-17(19-12-20)16(18)11-14/h5-11H,2H2,1H3. The first-order valence-electron chi connectivity index (χ1n) is 6.35. The van der Waals surface area contributed by atoms with E-state index in [0.29, 0.717) is 5.56 Å². The summed E-state index contributed by atoms with van der Waals surface area (Å²) in [6.07, 6.45) is 0. The Hall–Kier alpha value is -1.92. The number of thioether (sulfide) groups is 1. The summed E-state index contributed by atoms with van der Waals surface area (Å²) in [4.78, 5) is 4.85. The number of rotatable bonds is 3. The van der Waals surface area contributed by atoms with Gasteiger partial charge in [0.05, 0.1) is 5.16 Å². The van der Waals surface area contributed by atoms with E-state index in [9.17, 15) is 4.39 Å². The molecule has 0 radical (unpaired) electrons. The van der Waals surface area contributed by atoms with Crippen LogP contribution in [-0.4, -0.2) is 10.9 Å². The minimum Gasteiger partial charge on any atom is -0.205 e. The van der Waals surface area contributed by atoms with Gasteiger partial charge in [-0.1, -0.05) is 18.8 Å². The molecule has 0 aliphatic rings. The van der Waals surface area contributed by atoms with Crippen LogP contribution in [0.2, 0.25) is 0 Å². The van der Waals surface area contributed by atoms with E-state index in [1.807, 2.05) is 24.3 Å². The molecule has 0 spiro atoms. The summed E-state index contributed by atoms with van der Waals surface area (Å²) in [6, 6.07) is 12.6. The second-order valence-electron chi connectivity index (χ2n) is 4.08. The van der Waals surface area contributed by atoms with Crippen molar-refractivity contribution < 1.29 is 4.39 Å². The molecule has 0 fully saturated rings. The maximum atomic E-state index is 13.7. The smallest absolute Gasteiger partial charge is 0.150 e. The highest BCUT2D eigenvalue weighted by molar-refractivity contribution is 7.99. The van der Waals surface area contributed by atoms with Crippen LogP contribution in [-0.2, 0) is 0 Å². The normalized spacial score (nSPS) is 9.43. The molecule has 0 unspecified atom stereocenters. The van der Waals surface area contributed by atoms with Crippen molar-refractivity contribution in [1.29, 1.82) is 0 Å². The van der Waals surface area contributed by atoms with Crippen LogP contribution >= 0.6 is 24.0 Å². The van der Waals surface area contributed by atoms with Crippen molar-refractivity contribution in [2.75, 3.05) is 5.75 Å². The fourth-order valence-electron chi connectivity index (χ4n) is 1.67. The van der Waals surface area contributed by atoms with E-state index >= 15 is 0 Å². The summed E-state index contributed by atoms with van der Waals surface area (Å²) in [7, 11) is 0. The summed E-state index contributed by atoms with van der Waals surface area (Å²) >= 11 is 6.24. The zero-order valence-corrected chi connectivity index (χ0v) is 13.0. The predicted octanol–water partition coefficient (Wildman–Crippen LogP) is 5.07. The third-order valence-corrected chi connectivity index (χ3v) is 3.62. The predicted molar refractivity (Wildman–Crippen MR) is 89.9 cm³/mol. The molecule has 0 atom stereocenters. The Morgan fingerprint density at radius 3 is 2.38 bits per heavy atom. The van der Waals surface area contributed by atoms with Gasteiger partial charge in [0.2, 0.25) is 0 Å². The molecule has 104 valence electrons. The van der Waals surface area contributed by atoms with E-state index in [2.05, 4.69) is 41.1 Å². The van der Waals surface area contributed by atoms with Crippen LogP contribution < -0.4 is 0 Å². The number of hydrogen-bond acceptors (Lipinski definition) is 3. The minimum atomic E-state index is -0.450. The molecular formula is C17H12FNS2. The monoisotopic (exact) mass is 313 g/mol. The third kappa shape index (κ3) is 4.54. The largest absolute Gasteiger partial charge is 0.205 e. The highest BCUT2D eigenvalue weighted by Crippen LogP contribution is 2.19. The summed E-state index contributed by atoms with van der Waals surface area (Å²) in [5.41, 5.74) is 1.68. The maximum absolute atomic E-state index is 13.7. The Morgan fingerprint density at radius 1 is 1.10 bits per heavy atom. The molecule has 0 saturated heterocycles. The number of isothiocyanates is 1. The highest BCUT2D eigenvalue weighted by Gasteiger charge is 2.00. The first kappa shape index (κ1) is 15.5. The Labute approximate surface area is 133 Å². The molecule has 0 saturated carbocycles. The third-order valence-electron chi connectivity index (χ3n) is 2.63. The first-order chi connectivity index (χ1) is 10.2. The molecule has 1 nitrogen and oxygen atoms in total. The lowest BCUT2D eigenvalue weighted by atomic mass is 10.1. The maximum Gasteiger partial charge on any atom is 0.150 e. The highest BCUT2D eigenvalue weighted by atomic mass is 32.2. The number of aliphatic imine (C=N–C) groups is 1. The van der Waals surface area contributed by atoms with Crippen LogP contribution in [0.5, 0.6) is 0 Å². The average molecular weight is 313 g/mol. The van der Waals surface area contributed by atoms with Gasteiger partial charge in [-0.25, -0.2) is 4.39 Å². The molecule has 4 heteroatoms. The molecule has 2 aromatic rings. The van der Waals surface area contributed by atoms with Gasteiger partial charge in [-0.3, -0.25) is 0 Å². The summed E-state index contributed by atoms with van der Waals surface area (Å²) in [5, 5.41) is 2.15. The van der Waals surface area contributed by atoms with Gasteiger partial charge in [0.15, 0.2) is 5.82 Å². The average Bonchev–Trinajstić information content (AvgIpc) is 2.49. The van der Waals surface area contributed by atoms with E-state index in [-0.39, 0.29) is 5.69 Å². The lowest BCUT2D eigenvalue weighted by molar-refractivity contribution is 0.629. The molecule has 0 N–H and O–H groups in total. The Balaban J connectivity index is 2.18. The van der Waals surface area contributed by atoms with Gasteiger partial charge in [0.1, 0.15) is 5.69 Å². The molecule has 21 heavy (non-hydrogen) atoms. The van der Waals surface area contributed by atoms with E-state index in [0.717, 1.165) is 11.3 Å². The van der Waals surface area contributed by atoms with Crippen molar-refractivity contribution in [2.45, 2.75) is 11.8 Å². The van der Waals surface area contributed by atoms with Gasteiger partial charge in [0, 0.05) is 16.0 Å². The molecule has 0 amide bonds. The molecule has 2 rings (SSSR count). The van der Waals surface area contributed by atoms with Crippen molar-refractivity contribution >= 4 is 34.8 Å². The number of halogens is 1. The van der Waals surface area contributed by atoms with Crippen LogP contribution in [0.3, 0.4) is 0 Å². The molecule has 0 bridgehead atoms. The van der Waals surface area contributed by atoms with Crippen molar-refractivity contribution in [3.8, 4) is 11.8 Å². The molecular weight excluding hydrogens is 301 g/mol. The number of nitrogens with zero attached hydrogens (tertiary/aromatic N) is 1. The van der Waals surface area contributed by atoms with Gasteiger partial charge >= 0.3 is 0 Å². The Morgan fingerprint density at radius 2 is 1.76 bits per heavy atom. The molecule has 2 aromatic carbocycles. The fraction of sp³-hybridized carbons (Fsp3) is 0.118. The Bertz CT molecular complexity index is 736. The number of hydrogen-bond donors (Lipinski definition) is 0. The van der Waals surface area contributed by atoms with E-state index in [1.165, 1.54) is 11.0 Å². The molecule has 0 aliphatic carbocycles. The number of thiocarbonyl (C=S) groups is 1. The number of benzene rings is 2. The van der Waals surface area contributed by atoms with E-state index in [1.54, 1.807) is 23.9 Å². The molecule has 0 aromatic heterocycles. The minimum absolute atomic E-state index is 0.177. The zero-order chi connectivity index (χ0) is 15.1.